The Labute approximate surface area is 102 Å². The molecule has 0 saturated carbocycles. The number of nitrogens with zero attached hydrogens (tertiary/aromatic N) is 2. The van der Waals surface area contributed by atoms with Crippen molar-refractivity contribution in [2.45, 2.75) is 39.3 Å². The molecule has 2 rings (SSSR count). The van der Waals surface area contributed by atoms with E-state index in [9.17, 15) is 0 Å². The van der Waals surface area contributed by atoms with E-state index < -0.39 is 0 Å². The van der Waals surface area contributed by atoms with Crippen molar-refractivity contribution >= 4 is 17.6 Å². The van der Waals surface area contributed by atoms with Gasteiger partial charge in [0.15, 0.2) is 0 Å². The summed E-state index contributed by atoms with van der Waals surface area (Å²) in [4.78, 5) is 0. The quantitative estimate of drug-likeness (QED) is 0.876. The Kier molecular flexibility index (Phi) is 4.16. The fourth-order valence-electron chi connectivity index (χ4n) is 2.01. The molecule has 1 saturated heterocycles. The van der Waals surface area contributed by atoms with Gasteiger partial charge in [-0.15, -0.1) is 0 Å². The number of aromatic nitrogens is 2. The summed E-state index contributed by atoms with van der Waals surface area (Å²) in [5.74, 6) is 4.37. The summed E-state index contributed by atoms with van der Waals surface area (Å²) in [5.41, 5.74) is 0. The standard InChI is InChI=1S/C12H21N3S/c1-10(2)8-15-12(5-6-13-15)14-11-4-3-7-16-9-11/h5-6,10-11,14H,3-4,7-9H2,1-2H3/t11-/m0/s1. The summed E-state index contributed by atoms with van der Waals surface area (Å²) in [7, 11) is 0. The minimum absolute atomic E-state index is 0.626. The lowest BCUT2D eigenvalue weighted by molar-refractivity contribution is 0.484. The van der Waals surface area contributed by atoms with Crippen LogP contribution in [0.15, 0.2) is 12.3 Å². The number of thioether (sulfide) groups is 1. The second-order valence-electron chi connectivity index (χ2n) is 4.85. The highest BCUT2D eigenvalue weighted by atomic mass is 32.2. The highest BCUT2D eigenvalue weighted by molar-refractivity contribution is 7.99. The van der Waals surface area contributed by atoms with E-state index in [4.69, 9.17) is 0 Å². The van der Waals surface area contributed by atoms with Gasteiger partial charge in [0.05, 0.1) is 6.20 Å². The number of nitrogens with one attached hydrogen (secondary N) is 1. The normalized spacial score (nSPS) is 21.3. The van der Waals surface area contributed by atoms with E-state index in [0.717, 1.165) is 6.54 Å². The lowest BCUT2D eigenvalue weighted by Gasteiger charge is -2.24. The summed E-state index contributed by atoms with van der Waals surface area (Å²) in [6.45, 7) is 5.44. The van der Waals surface area contributed by atoms with Crippen LogP contribution in [0.25, 0.3) is 0 Å². The van der Waals surface area contributed by atoms with Crippen molar-refractivity contribution in [2.24, 2.45) is 5.92 Å². The topological polar surface area (TPSA) is 29.9 Å². The van der Waals surface area contributed by atoms with Gasteiger partial charge in [-0.25, -0.2) is 4.68 Å². The first-order chi connectivity index (χ1) is 7.75. The first-order valence-corrected chi connectivity index (χ1v) is 7.27. The number of rotatable bonds is 4. The van der Waals surface area contributed by atoms with Gasteiger partial charge in [-0.3, -0.25) is 0 Å². The van der Waals surface area contributed by atoms with Crippen LogP contribution < -0.4 is 5.32 Å². The summed E-state index contributed by atoms with van der Waals surface area (Å²) >= 11 is 2.05. The van der Waals surface area contributed by atoms with Crippen molar-refractivity contribution < 1.29 is 0 Å². The number of hydrogen-bond acceptors (Lipinski definition) is 3. The van der Waals surface area contributed by atoms with Gasteiger partial charge in [0.25, 0.3) is 0 Å². The molecule has 1 aromatic heterocycles. The van der Waals surface area contributed by atoms with Crippen molar-refractivity contribution in [1.82, 2.24) is 9.78 Å². The first-order valence-electron chi connectivity index (χ1n) is 6.12. The van der Waals surface area contributed by atoms with E-state index in [1.54, 1.807) is 0 Å². The van der Waals surface area contributed by atoms with Crippen molar-refractivity contribution in [2.75, 3.05) is 16.8 Å². The SMILES string of the molecule is CC(C)Cn1nccc1N[C@H]1CCCSC1. The molecule has 0 aliphatic carbocycles. The van der Waals surface area contributed by atoms with E-state index in [2.05, 4.69) is 46.8 Å². The molecule has 1 N–H and O–H groups in total. The van der Waals surface area contributed by atoms with Crippen LogP contribution in [0.3, 0.4) is 0 Å². The van der Waals surface area contributed by atoms with Gasteiger partial charge in [0, 0.05) is 24.4 Å². The Morgan fingerprint density at radius 3 is 3.19 bits per heavy atom. The smallest absolute Gasteiger partial charge is 0.124 e. The highest BCUT2D eigenvalue weighted by Crippen LogP contribution is 2.21. The minimum atomic E-state index is 0.626. The molecule has 1 fully saturated rings. The molecule has 1 aromatic rings. The van der Waals surface area contributed by atoms with E-state index >= 15 is 0 Å². The Bertz CT molecular complexity index is 316. The fraction of sp³-hybridized carbons (Fsp3) is 0.750. The molecule has 0 bridgehead atoms. The highest BCUT2D eigenvalue weighted by Gasteiger charge is 2.15. The lowest BCUT2D eigenvalue weighted by atomic mass is 10.2. The minimum Gasteiger partial charge on any atom is -0.367 e. The van der Waals surface area contributed by atoms with Crippen LogP contribution in [-0.4, -0.2) is 27.3 Å². The van der Waals surface area contributed by atoms with Crippen molar-refractivity contribution in [3.05, 3.63) is 12.3 Å². The Morgan fingerprint density at radius 1 is 1.62 bits per heavy atom. The molecule has 1 aliphatic rings. The summed E-state index contributed by atoms with van der Waals surface area (Å²) in [5, 5.41) is 7.98. The largest absolute Gasteiger partial charge is 0.367 e. The number of hydrogen-bond donors (Lipinski definition) is 1. The van der Waals surface area contributed by atoms with Crippen LogP contribution in [0.1, 0.15) is 26.7 Å². The Morgan fingerprint density at radius 2 is 2.50 bits per heavy atom. The van der Waals surface area contributed by atoms with Crippen LogP contribution in [0.4, 0.5) is 5.82 Å². The van der Waals surface area contributed by atoms with Gasteiger partial charge < -0.3 is 5.32 Å². The summed E-state index contributed by atoms with van der Waals surface area (Å²) in [6.07, 6.45) is 4.52. The molecule has 0 amide bonds. The van der Waals surface area contributed by atoms with Crippen LogP contribution in [0.5, 0.6) is 0 Å². The van der Waals surface area contributed by atoms with Crippen molar-refractivity contribution in [3.8, 4) is 0 Å². The van der Waals surface area contributed by atoms with E-state index in [-0.39, 0.29) is 0 Å². The maximum absolute atomic E-state index is 4.37. The van der Waals surface area contributed by atoms with Gasteiger partial charge in [-0.05, 0) is 24.5 Å². The second-order valence-corrected chi connectivity index (χ2v) is 6.00. The fourth-order valence-corrected chi connectivity index (χ4v) is 3.08. The Hall–Kier alpha value is -0.640. The lowest BCUT2D eigenvalue weighted by Crippen LogP contribution is -2.27. The predicted molar refractivity (Wildman–Crippen MR) is 71.0 cm³/mol. The van der Waals surface area contributed by atoms with Gasteiger partial charge in [-0.1, -0.05) is 13.8 Å². The molecule has 3 nitrogen and oxygen atoms in total. The molecule has 1 atom stereocenters. The van der Waals surface area contributed by atoms with Gasteiger partial charge >= 0.3 is 0 Å². The zero-order chi connectivity index (χ0) is 11.4. The third-order valence-electron chi connectivity index (χ3n) is 2.77. The average Bonchev–Trinajstić information content (AvgIpc) is 2.66. The van der Waals surface area contributed by atoms with Crippen molar-refractivity contribution in [1.29, 1.82) is 0 Å². The molecule has 0 aromatic carbocycles. The van der Waals surface area contributed by atoms with E-state index in [0.29, 0.717) is 12.0 Å². The Balaban J connectivity index is 1.94. The summed E-state index contributed by atoms with van der Waals surface area (Å²) in [6, 6.07) is 2.71. The molecule has 2 heterocycles. The predicted octanol–water partition coefficient (Wildman–Crippen LogP) is 2.85. The van der Waals surface area contributed by atoms with E-state index in [1.807, 2.05) is 6.20 Å². The van der Waals surface area contributed by atoms with Gasteiger partial charge in [0.2, 0.25) is 0 Å². The molecule has 90 valence electrons. The van der Waals surface area contributed by atoms with Gasteiger partial charge in [-0.2, -0.15) is 16.9 Å². The molecule has 0 spiro atoms. The van der Waals surface area contributed by atoms with Crippen LogP contribution in [0, 0.1) is 5.92 Å². The zero-order valence-electron chi connectivity index (χ0n) is 10.1. The molecule has 1 aliphatic heterocycles. The van der Waals surface area contributed by atoms with Crippen molar-refractivity contribution in [3.63, 3.8) is 0 Å². The second kappa shape index (κ2) is 5.62. The molecule has 4 heteroatoms. The number of anilines is 1. The molecular weight excluding hydrogens is 218 g/mol. The third-order valence-corrected chi connectivity index (χ3v) is 3.98. The monoisotopic (exact) mass is 239 g/mol. The van der Waals surface area contributed by atoms with Crippen LogP contribution in [0.2, 0.25) is 0 Å². The zero-order valence-corrected chi connectivity index (χ0v) is 11.0. The van der Waals surface area contributed by atoms with Crippen LogP contribution >= 0.6 is 11.8 Å². The molecule has 16 heavy (non-hydrogen) atoms. The summed E-state index contributed by atoms with van der Waals surface area (Å²) < 4.78 is 2.09. The first kappa shape index (κ1) is 11.8. The van der Waals surface area contributed by atoms with Gasteiger partial charge in [0.1, 0.15) is 5.82 Å². The molecular formula is C12H21N3S. The van der Waals surface area contributed by atoms with E-state index in [1.165, 1.54) is 30.2 Å². The average molecular weight is 239 g/mol. The molecule has 0 unspecified atom stereocenters. The maximum atomic E-state index is 4.37. The molecule has 0 radical (unpaired) electrons. The van der Waals surface area contributed by atoms with Crippen LogP contribution in [-0.2, 0) is 6.54 Å². The third kappa shape index (κ3) is 3.17. The maximum Gasteiger partial charge on any atom is 0.124 e.